The first kappa shape index (κ1) is 20.2. The molecule has 3 rings (SSSR count). The Balaban J connectivity index is 1.52. The molecule has 1 fully saturated rings. The Bertz CT molecular complexity index is 938. The Hall–Kier alpha value is -2.58. The first-order chi connectivity index (χ1) is 13.3. The van der Waals surface area contributed by atoms with Gasteiger partial charge in [0.2, 0.25) is 0 Å². The third-order valence-electron chi connectivity index (χ3n) is 4.85. The predicted molar refractivity (Wildman–Crippen MR) is 109 cm³/mol. The lowest BCUT2D eigenvalue weighted by Gasteiger charge is -2.33. The van der Waals surface area contributed by atoms with Crippen LogP contribution in [0.2, 0.25) is 0 Å². The van der Waals surface area contributed by atoms with E-state index < -0.39 is 9.84 Å². The first-order valence-electron chi connectivity index (χ1n) is 9.18. The fourth-order valence-electron chi connectivity index (χ4n) is 3.30. The van der Waals surface area contributed by atoms with Crippen LogP contribution in [0, 0.1) is 0 Å². The van der Waals surface area contributed by atoms with Gasteiger partial charge in [-0.15, -0.1) is 0 Å². The summed E-state index contributed by atoms with van der Waals surface area (Å²) >= 11 is 0. The maximum Gasteiger partial charge on any atom is 0.279 e. The van der Waals surface area contributed by atoms with Crippen molar-refractivity contribution >= 4 is 27.1 Å². The van der Waals surface area contributed by atoms with E-state index in [2.05, 4.69) is 16.3 Å². The van der Waals surface area contributed by atoms with Crippen molar-refractivity contribution in [2.75, 3.05) is 56.3 Å². The summed E-state index contributed by atoms with van der Waals surface area (Å²) in [4.78, 5) is 16.1. The minimum absolute atomic E-state index is 0.115. The number of carbonyl (C=O) groups excluding carboxylic acids is 1. The summed E-state index contributed by atoms with van der Waals surface area (Å²) in [6.07, 6.45) is 1.15. The quantitative estimate of drug-likeness (QED) is 0.731. The van der Waals surface area contributed by atoms with Crippen molar-refractivity contribution in [1.29, 1.82) is 0 Å². The maximum absolute atomic E-state index is 12.4. The number of sulfone groups is 1. The molecule has 1 aliphatic rings. The molecule has 2 aromatic carbocycles. The molecule has 7 nitrogen and oxygen atoms in total. The predicted octanol–water partition coefficient (Wildman–Crippen LogP) is 0.442. The monoisotopic (exact) mass is 404 g/mol. The summed E-state index contributed by atoms with van der Waals surface area (Å²) in [5.74, 6) is 0.721. The minimum Gasteiger partial charge on any atom is -0.497 e. The van der Waals surface area contributed by atoms with Crippen molar-refractivity contribution in [3.8, 4) is 5.75 Å². The highest BCUT2D eigenvalue weighted by atomic mass is 32.2. The van der Waals surface area contributed by atoms with Gasteiger partial charge in [-0.2, -0.15) is 0 Å². The van der Waals surface area contributed by atoms with Crippen LogP contribution in [-0.2, 0) is 14.6 Å². The third kappa shape index (κ3) is 5.24. The lowest BCUT2D eigenvalue weighted by atomic mass is 10.2. The number of methoxy groups -OCH3 is 1. The second kappa shape index (κ2) is 8.62. The summed E-state index contributed by atoms with van der Waals surface area (Å²) in [5.41, 5.74) is 1.63. The lowest BCUT2D eigenvalue weighted by Crippen LogP contribution is -3.15. The van der Waals surface area contributed by atoms with Gasteiger partial charge >= 0.3 is 0 Å². The summed E-state index contributed by atoms with van der Waals surface area (Å²) in [5, 5.41) is 2.81. The zero-order chi connectivity index (χ0) is 20.1. The molecule has 8 heteroatoms. The van der Waals surface area contributed by atoms with Crippen molar-refractivity contribution in [1.82, 2.24) is 0 Å². The van der Waals surface area contributed by atoms with Crippen LogP contribution in [-0.4, -0.2) is 60.4 Å². The molecule has 0 unspecified atom stereocenters. The van der Waals surface area contributed by atoms with E-state index in [0.29, 0.717) is 12.2 Å². The van der Waals surface area contributed by atoms with Crippen LogP contribution in [0.3, 0.4) is 0 Å². The number of anilines is 2. The van der Waals surface area contributed by atoms with Crippen molar-refractivity contribution in [2.24, 2.45) is 0 Å². The van der Waals surface area contributed by atoms with E-state index in [1.165, 1.54) is 17.0 Å². The van der Waals surface area contributed by atoms with Crippen molar-refractivity contribution in [3.63, 3.8) is 0 Å². The number of rotatable bonds is 6. The van der Waals surface area contributed by atoms with Gasteiger partial charge in [-0.1, -0.05) is 12.1 Å². The zero-order valence-corrected chi connectivity index (χ0v) is 17.0. The molecule has 0 bridgehead atoms. The number of benzene rings is 2. The standard InChI is InChI=1S/C20H25N3O4S/c1-27-18-7-4-6-17(14-18)23-11-9-22(10-12-23)15-20(24)21-16-5-3-8-19(13-16)28(2,25)26/h3-8,13-14H,9-12,15H2,1-2H3,(H,21,24)/p+1. The second-order valence-electron chi connectivity index (χ2n) is 6.96. The average molecular weight is 405 g/mol. The van der Waals surface area contributed by atoms with Gasteiger partial charge < -0.3 is 19.9 Å². The lowest BCUT2D eigenvalue weighted by molar-refractivity contribution is -0.892. The SMILES string of the molecule is COc1cccc(N2CC[NH+](CC(=O)Nc3cccc(S(C)(=O)=O)c3)CC2)c1. The highest BCUT2D eigenvalue weighted by Gasteiger charge is 2.22. The number of hydrogen-bond acceptors (Lipinski definition) is 5. The van der Waals surface area contributed by atoms with Gasteiger partial charge in [0.1, 0.15) is 5.75 Å². The van der Waals surface area contributed by atoms with Gasteiger partial charge in [0.25, 0.3) is 5.91 Å². The van der Waals surface area contributed by atoms with E-state index >= 15 is 0 Å². The van der Waals surface area contributed by atoms with E-state index in [4.69, 9.17) is 4.74 Å². The number of carbonyl (C=O) groups is 1. The Kier molecular flexibility index (Phi) is 6.21. The van der Waals surface area contributed by atoms with Crippen LogP contribution in [0.15, 0.2) is 53.4 Å². The van der Waals surface area contributed by atoms with Crippen molar-refractivity contribution in [3.05, 3.63) is 48.5 Å². The van der Waals surface area contributed by atoms with Gasteiger partial charge in [0, 0.05) is 23.7 Å². The molecule has 2 aromatic rings. The molecular formula is C20H26N3O4S+. The molecule has 150 valence electrons. The van der Waals surface area contributed by atoms with Crippen molar-refractivity contribution < 1.29 is 22.8 Å². The van der Waals surface area contributed by atoms with E-state index in [-0.39, 0.29) is 10.8 Å². The van der Waals surface area contributed by atoms with Crippen LogP contribution in [0.5, 0.6) is 5.75 Å². The van der Waals surface area contributed by atoms with Crippen LogP contribution >= 0.6 is 0 Å². The van der Waals surface area contributed by atoms with E-state index in [9.17, 15) is 13.2 Å². The molecule has 0 aromatic heterocycles. The number of hydrogen-bond donors (Lipinski definition) is 2. The summed E-state index contributed by atoms with van der Waals surface area (Å²) in [6.45, 7) is 3.79. The summed E-state index contributed by atoms with van der Waals surface area (Å²) in [6, 6.07) is 14.3. The molecule has 1 heterocycles. The highest BCUT2D eigenvalue weighted by Crippen LogP contribution is 2.20. The first-order valence-corrected chi connectivity index (χ1v) is 11.1. The molecule has 1 saturated heterocycles. The molecule has 2 N–H and O–H groups in total. The summed E-state index contributed by atoms with van der Waals surface area (Å²) < 4.78 is 28.6. The molecule has 28 heavy (non-hydrogen) atoms. The van der Waals surface area contributed by atoms with Gasteiger partial charge in [-0.05, 0) is 30.3 Å². The minimum atomic E-state index is -3.30. The Morgan fingerprint density at radius 2 is 1.86 bits per heavy atom. The topological polar surface area (TPSA) is 80.2 Å². The number of amides is 1. The molecule has 0 radical (unpaired) electrons. The molecule has 0 saturated carbocycles. The van der Waals surface area contributed by atoms with Gasteiger partial charge in [-0.25, -0.2) is 8.42 Å². The number of nitrogens with zero attached hydrogens (tertiary/aromatic N) is 1. The van der Waals surface area contributed by atoms with E-state index in [1.54, 1.807) is 19.2 Å². The third-order valence-corrected chi connectivity index (χ3v) is 5.96. The van der Waals surface area contributed by atoms with Crippen LogP contribution in [0.1, 0.15) is 0 Å². The largest absolute Gasteiger partial charge is 0.497 e. The zero-order valence-electron chi connectivity index (χ0n) is 16.1. The molecule has 0 aliphatic carbocycles. The molecule has 0 spiro atoms. The molecule has 1 aliphatic heterocycles. The normalized spacial score (nSPS) is 15.3. The fourth-order valence-corrected chi connectivity index (χ4v) is 3.97. The van der Waals surface area contributed by atoms with Gasteiger partial charge in [-0.3, -0.25) is 4.79 Å². The number of piperazine rings is 1. The van der Waals surface area contributed by atoms with E-state index in [0.717, 1.165) is 43.9 Å². The summed E-state index contributed by atoms with van der Waals surface area (Å²) in [7, 11) is -1.64. The number of nitrogens with one attached hydrogen (secondary N) is 2. The Labute approximate surface area is 165 Å². The van der Waals surface area contributed by atoms with Gasteiger partial charge in [0.15, 0.2) is 16.4 Å². The molecular weight excluding hydrogens is 378 g/mol. The van der Waals surface area contributed by atoms with E-state index in [1.807, 2.05) is 18.2 Å². The number of ether oxygens (including phenoxy) is 1. The average Bonchev–Trinajstić information content (AvgIpc) is 2.68. The Morgan fingerprint density at radius 3 is 2.54 bits per heavy atom. The highest BCUT2D eigenvalue weighted by molar-refractivity contribution is 7.90. The van der Waals surface area contributed by atoms with Crippen molar-refractivity contribution in [2.45, 2.75) is 4.90 Å². The smallest absolute Gasteiger partial charge is 0.279 e. The molecule has 1 amide bonds. The second-order valence-corrected chi connectivity index (χ2v) is 8.98. The number of quaternary nitrogens is 1. The van der Waals surface area contributed by atoms with Gasteiger partial charge in [0.05, 0.1) is 38.2 Å². The van der Waals surface area contributed by atoms with Crippen LogP contribution in [0.4, 0.5) is 11.4 Å². The fraction of sp³-hybridized carbons (Fsp3) is 0.350. The maximum atomic E-state index is 12.4. The van der Waals surface area contributed by atoms with Crippen LogP contribution in [0.25, 0.3) is 0 Å². The Morgan fingerprint density at radius 1 is 1.14 bits per heavy atom. The van der Waals surface area contributed by atoms with Crippen LogP contribution < -0.4 is 19.9 Å². The molecule has 0 atom stereocenters.